The molecule has 30 heavy (non-hydrogen) atoms. The van der Waals surface area contributed by atoms with Crippen LogP contribution in [0.15, 0.2) is 40.5 Å². The van der Waals surface area contributed by atoms with E-state index in [1.165, 1.54) is 0 Å². The molecule has 0 bridgehead atoms. The summed E-state index contributed by atoms with van der Waals surface area (Å²) >= 11 is 12.5. The van der Waals surface area contributed by atoms with E-state index in [1.54, 1.807) is 49.8 Å². The molecular weight excluding hydrogens is 431 g/mol. The molecule has 0 saturated heterocycles. The fourth-order valence-electron chi connectivity index (χ4n) is 3.50. The number of hydrogen-bond acceptors (Lipinski definition) is 6. The van der Waals surface area contributed by atoms with Gasteiger partial charge in [0.25, 0.3) is 5.56 Å². The zero-order chi connectivity index (χ0) is 22.0. The highest BCUT2D eigenvalue weighted by Crippen LogP contribution is 2.43. The summed E-state index contributed by atoms with van der Waals surface area (Å²) in [4.78, 5) is 26.3. The first-order valence-corrected chi connectivity index (χ1v) is 10.1. The zero-order valence-electron chi connectivity index (χ0n) is 16.8. The average Bonchev–Trinajstić information content (AvgIpc) is 2.67. The van der Waals surface area contributed by atoms with E-state index in [0.717, 1.165) is 0 Å². The number of carbonyl (C=O) groups excluding carboxylic acids is 1. The molecule has 3 rings (SSSR count). The Morgan fingerprint density at radius 3 is 2.67 bits per heavy atom. The summed E-state index contributed by atoms with van der Waals surface area (Å²) in [5.41, 5.74) is 7.22. The number of carbonyl (C=O) groups is 1. The lowest BCUT2D eigenvalue weighted by molar-refractivity contribution is -0.139. The van der Waals surface area contributed by atoms with Crippen LogP contribution in [0.25, 0.3) is 0 Å². The van der Waals surface area contributed by atoms with Crippen molar-refractivity contribution < 1.29 is 19.0 Å². The zero-order valence-corrected chi connectivity index (χ0v) is 18.3. The van der Waals surface area contributed by atoms with Crippen LogP contribution in [-0.2, 0) is 20.8 Å². The molecule has 0 saturated carbocycles. The maximum absolute atomic E-state index is 13.5. The first-order valence-electron chi connectivity index (χ1n) is 9.32. The number of esters is 1. The van der Waals surface area contributed by atoms with E-state index in [2.05, 4.69) is 0 Å². The molecule has 160 valence electrons. The van der Waals surface area contributed by atoms with Crippen LogP contribution in [0.3, 0.4) is 0 Å². The number of fused-ring (bicyclic) bond motifs is 1. The van der Waals surface area contributed by atoms with Gasteiger partial charge < -0.3 is 24.5 Å². The van der Waals surface area contributed by atoms with E-state index in [1.807, 2.05) is 0 Å². The summed E-state index contributed by atoms with van der Waals surface area (Å²) in [6.07, 6.45) is 0. The summed E-state index contributed by atoms with van der Waals surface area (Å²) in [6.45, 7) is 4.28. The molecule has 0 spiro atoms. The van der Waals surface area contributed by atoms with Gasteiger partial charge in [-0.3, -0.25) is 4.79 Å². The summed E-state index contributed by atoms with van der Waals surface area (Å²) in [5, 5.41) is 0.713. The molecule has 0 fully saturated rings. The Balaban J connectivity index is 2.31. The van der Waals surface area contributed by atoms with Crippen LogP contribution >= 0.6 is 23.2 Å². The Morgan fingerprint density at radius 2 is 2.03 bits per heavy atom. The van der Waals surface area contributed by atoms with E-state index in [-0.39, 0.29) is 34.9 Å². The first kappa shape index (κ1) is 22.2. The third kappa shape index (κ3) is 4.05. The Hall–Kier alpha value is -2.48. The number of nitrogens with two attached hydrogens (primary N) is 1. The minimum Gasteiger partial charge on any atom is -0.462 e. The highest BCUT2D eigenvalue weighted by molar-refractivity contribution is 6.35. The molecule has 0 amide bonds. The third-order valence-corrected chi connectivity index (χ3v) is 5.42. The van der Waals surface area contributed by atoms with Crippen molar-refractivity contribution in [1.29, 1.82) is 0 Å². The van der Waals surface area contributed by atoms with Crippen molar-refractivity contribution >= 4 is 29.2 Å². The fourth-order valence-corrected chi connectivity index (χ4v) is 4.02. The van der Waals surface area contributed by atoms with Gasteiger partial charge in [-0.05, 0) is 31.5 Å². The third-order valence-electron chi connectivity index (χ3n) is 4.86. The lowest BCUT2D eigenvalue weighted by Crippen LogP contribution is -2.35. The number of benzene rings is 1. The second-order valence-electron chi connectivity index (χ2n) is 6.71. The maximum Gasteiger partial charge on any atom is 0.340 e. The molecular formula is C21H22Cl2N2O5. The molecule has 1 aliphatic heterocycles. The largest absolute Gasteiger partial charge is 0.462 e. The summed E-state index contributed by atoms with van der Waals surface area (Å²) < 4.78 is 17.6. The second-order valence-corrected chi connectivity index (χ2v) is 7.56. The van der Waals surface area contributed by atoms with Gasteiger partial charge in [-0.1, -0.05) is 29.3 Å². The van der Waals surface area contributed by atoms with Crippen LogP contribution in [0.2, 0.25) is 10.0 Å². The van der Waals surface area contributed by atoms with E-state index in [0.29, 0.717) is 34.5 Å². The Labute approximate surface area is 183 Å². The van der Waals surface area contributed by atoms with Gasteiger partial charge in [-0.25, -0.2) is 4.79 Å². The van der Waals surface area contributed by atoms with Crippen molar-refractivity contribution in [1.82, 2.24) is 4.57 Å². The lowest BCUT2D eigenvalue weighted by atomic mass is 9.83. The van der Waals surface area contributed by atoms with Gasteiger partial charge in [0.15, 0.2) is 0 Å². The number of hydrogen-bond donors (Lipinski definition) is 1. The SMILES string of the molecule is CCOC(=O)C1=C(N)Oc2cc(C)n(CCOC)c(=O)c2[C@@H]1c1ccc(Cl)cc1Cl. The molecule has 1 atom stereocenters. The van der Waals surface area contributed by atoms with Crippen LogP contribution < -0.4 is 16.0 Å². The van der Waals surface area contributed by atoms with E-state index in [4.69, 9.17) is 43.1 Å². The summed E-state index contributed by atoms with van der Waals surface area (Å²) in [7, 11) is 1.56. The Bertz CT molecular complexity index is 1080. The summed E-state index contributed by atoms with van der Waals surface area (Å²) in [5.74, 6) is -1.42. The van der Waals surface area contributed by atoms with Crippen molar-refractivity contribution in [3.05, 3.63) is 72.9 Å². The minimum atomic E-state index is -0.875. The Morgan fingerprint density at radius 1 is 1.30 bits per heavy atom. The van der Waals surface area contributed by atoms with E-state index >= 15 is 0 Å². The number of aryl methyl sites for hydroxylation is 1. The van der Waals surface area contributed by atoms with Crippen molar-refractivity contribution in [2.75, 3.05) is 20.3 Å². The average molecular weight is 453 g/mol. The molecule has 1 aliphatic rings. The lowest BCUT2D eigenvalue weighted by Gasteiger charge is -2.29. The monoisotopic (exact) mass is 452 g/mol. The molecule has 2 heterocycles. The maximum atomic E-state index is 13.5. The van der Waals surface area contributed by atoms with E-state index in [9.17, 15) is 9.59 Å². The highest BCUT2D eigenvalue weighted by atomic mass is 35.5. The number of halogens is 2. The van der Waals surface area contributed by atoms with Gasteiger partial charge in [0.2, 0.25) is 5.88 Å². The molecule has 0 radical (unpaired) electrons. The molecule has 1 aromatic heterocycles. The first-order chi connectivity index (χ1) is 14.3. The van der Waals surface area contributed by atoms with E-state index < -0.39 is 11.9 Å². The smallest absolute Gasteiger partial charge is 0.340 e. The fraction of sp³-hybridized carbons (Fsp3) is 0.333. The quantitative estimate of drug-likeness (QED) is 0.675. The predicted octanol–water partition coefficient (Wildman–Crippen LogP) is 3.37. The van der Waals surface area contributed by atoms with Crippen molar-refractivity contribution in [3.63, 3.8) is 0 Å². The normalized spacial score (nSPS) is 15.6. The van der Waals surface area contributed by atoms with Crippen molar-refractivity contribution in [2.45, 2.75) is 26.3 Å². The number of rotatable bonds is 6. The van der Waals surface area contributed by atoms with Gasteiger partial charge in [0.05, 0.1) is 24.7 Å². The molecule has 7 nitrogen and oxygen atoms in total. The summed E-state index contributed by atoms with van der Waals surface area (Å²) in [6, 6.07) is 6.55. The molecule has 2 aromatic rings. The van der Waals surface area contributed by atoms with Gasteiger partial charge in [-0.2, -0.15) is 0 Å². The molecule has 0 unspecified atom stereocenters. The van der Waals surface area contributed by atoms with Crippen LogP contribution in [0.5, 0.6) is 5.75 Å². The topological polar surface area (TPSA) is 92.8 Å². The number of pyridine rings is 1. The van der Waals surface area contributed by atoms with Crippen LogP contribution in [0.4, 0.5) is 0 Å². The second kappa shape index (κ2) is 9.12. The number of aromatic nitrogens is 1. The van der Waals surface area contributed by atoms with Gasteiger partial charge in [0, 0.05) is 35.5 Å². The van der Waals surface area contributed by atoms with Crippen LogP contribution in [-0.4, -0.2) is 30.9 Å². The highest BCUT2D eigenvalue weighted by Gasteiger charge is 2.39. The Kier molecular flexibility index (Phi) is 6.75. The predicted molar refractivity (Wildman–Crippen MR) is 114 cm³/mol. The van der Waals surface area contributed by atoms with Gasteiger partial charge in [0.1, 0.15) is 11.3 Å². The molecule has 9 heteroatoms. The molecule has 0 aliphatic carbocycles. The molecule has 2 N–H and O–H groups in total. The van der Waals surface area contributed by atoms with Gasteiger partial charge in [-0.15, -0.1) is 0 Å². The van der Waals surface area contributed by atoms with Crippen LogP contribution in [0.1, 0.15) is 29.7 Å². The standard InChI is InChI=1S/C21H22Cl2N2O5/c1-4-29-21(27)18-16(13-6-5-12(22)10-14(13)23)17-15(30-19(18)24)9-11(2)25(20(17)26)7-8-28-3/h5-6,9-10,16H,4,7-8,24H2,1-3H3/t16-/m0/s1. The van der Waals surface area contributed by atoms with Crippen LogP contribution in [0, 0.1) is 6.92 Å². The number of ether oxygens (including phenoxy) is 3. The molecule has 1 aromatic carbocycles. The number of nitrogens with zero attached hydrogens (tertiary/aromatic N) is 1. The van der Waals surface area contributed by atoms with Gasteiger partial charge >= 0.3 is 5.97 Å². The van der Waals surface area contributed by atoms with Crippen molar-refractivity contribution in [3.8, 4) is 5.75 Å². The van der Waals surface area contributed by atoms with Crippen molar-refractivity contribution in [2.24, 2.45) is 5.73 Å². The minimum absolute atomic E-state index is 0.0211. The number of methoxy groups -OCH3 is 1.